The number of rotatable bonds is 3. The summed E-state index contributed by atoms with van der Waals surface area (Å²) in [5.41, 5.74) is 7.92. The lowest BCUT2D eigenvalue weighted by atomic mass is 10.4. The molecule has 0 aliphatic heterocycles. The van der Waals surface area contributed by atoms with Crippen LogP contribution in [0.2, 0.25) is 0 Å². The number of benzene rings is 1. The topological polar surface area (TPSA) is 89.8 Å². The zero-order valence-electron chi connectivity index (χ0n) is 8.72. The highest BCUT2D eigenvalue weighted by Crippen LogP contribution is 2.27. The average molecular weight is 251 g/mol. The van der Waals surface area contributed by atoms with Gasteiger partial charge in [0, 0.05) is 11.0 Å². The van der Waals surface area contributed by atoms with Gasteiger partial charge in [-0.25, -0.2) is 15.2 Å². The number of aromatic nitrogens is 2. The molecule has 0 saturated carbocycles. The second kappa shape index (κ2) is 4.98. The molecule has 0 amide bonds. The number of anilines is 2. The third-order valence-electron chi connectivity index (χ3n) is 1.90. The third kappa shape index (κ3) is 3.05. The predicted octanol–water partition coefficient (Wildman–Crippen LogP) is 1.63. The summed E-state index contributed by atoms with van der Waals surface area (Å²) in [5, 5.41) is 0.636. The molecule has 0 atom stereocenters. The van der Waals surface area contributed by atoms with E-state index in [0.29, 0.717) is 10.8 Å². The largest absolute Gasteiger partial charge is 0.368 e. The molecule has 1 heterocycles. The Hall–Kier alpha value is -1.86. The fraction of sp³-hybridized carbons (Fsp3) is 0. The van der Waals surface area contributed by atoms with Gasteiger partial charge in [0.2, 0.25) is 5.95 Å². The molecule has 0 bridgehead atoms. The predicted molar refractivity (Wildman–Crippen MR) is 64.8 cm³/mol. The zero-order chi connectivity index (χ0) is 12.3. The van der Waals surface area contributed by atoms with E-state index in [9.17, 15) is 4.39 Å². The molecule has 1 aromatic heterocycles. The van der Waals surface area contributed by atoms with E-state index in [-0.39, 0.29) is 11.8 Å². The van der Waals surface area contributed by atoms with Crippen molar-refractivity contribution >= 4 is 23.5 Å². The number of hydrogen-bond donors (Lipinski definition) is 3. The second-order valence-electron chi connectivity index (χ2n) is 3.15. The maximum atomic E-state index is 12.7. The molecule has 5 nitrogen and oxygen atoms in total. The Morgan fingerprint density at radius 2 is 1.88 bits per heavy atom. The van der Waals surface area contributed by atoms with Crippen LogP contribution in [0.3, 0.4) is 0 Å². The van der Waals surface area contributed by atoms with Gasteiger partial charge in [0.1, 0.15) is 16.7 Å². The Morgan fingerprint density at radius 3 is 2.53 bits per heavy atom. The molecule has 0 unspecified atom stereocenters. The number of nitrogens with one attached hydrogen (secondary N) is 1. The Bertz CT molecular complexity index is 517. The molecule has 0 aliphatic rings. The van der Waals surface area contributed by atoms with Gasteiger partial charge in [-0.1, -0.05) is 11.8 Å². The Kier molecular flexibility index (Phi) is 3.40. The fourth-order valence-electron chi connectivity index (χ4n) is 1.19. The Labute approximate surface area is 101 Å². The van der Waals surface area contributed by atoms with Crippen LogP contribution in [0.25, 0.3) is 0 Å². The number of nitrogen functional groups attached to an aromatic ring is 2. The van der Waals surface area contributed by atoms with Crippen molar-refractivity contribution in [2.45, 2.75) is 9.92 Å². The first-order valence-corrected chi connectivity index (χ1v) is 5.53. The number of nitrogens with two attached hydrogens (primary N) is 2. The summed E-state index contributed by atoms with van der Waals surface area (Å²) < 4.78 is 12.7. The first-order valence-electron chi connectivity index (χ1n) is 4.72. The molecule has 0 radical (unpaired) electrons. The van der Waals surface area contributed by atoms with Crippen LogP contribution >= 0.6 is 11.8 Å². The van der Waals surface area contributed by atoms with Crippen molar-refractivity contribution in [2.75, 3.05) is 11.2 Å². The van der Waals surface area contributed by atoms with Crippen molar-refractivity contribution in [2.24, 2.45) is 5.84 Å². The first-order chi connectivity index (χ1) is 8.17. The average Bonchev–Trinajstić information content (AvgIpc) is 2.31. The van der Waals surface area contributed by atoms with E-state index in [1.54, 1.807) is 18.2 Å². The van der Waals surface area contributed by atoms with Gasteiger partial charge in [0.15, 0.2) is 0 Å². The van der Waals surface area contributed by atoms with Gasteiger partial charge < -0.3 is 11.2 Å². The highest BCUT2D eigenvalue weighted by Gasteiger charge is 2.03. The minimum absolute atomic E-state index is 0.130. The van der Waals surface area contributed by atoms with E-state index in [1.165, 1.54) is 23.9 Å². The van der Waals surface area contributed by atoms with Crippen LogP contribution in [0.5, 0.6) is 0 Å². The number of hydrazine groups is 1. The summed E-state index contributed by atoms with van der Waals surface area (Å²) in [4.78, 5) is 8.76. The summed E-state index contributed by atoms with van der Waals surface area (Å²) in [6.07, 6.45) is 0. The lowest BCUT2D eigenvalue weighted by Gasteiger charge is -2.04. The highest BCUT2D eigenvalue weighted by atomic mass is 32.2. The van der Waals surface area contributed by atoms with Crippen molar-refractivity contribution in [3.8, 4) is 0 Å². The van der Waals surface area contributed by atoms with E-state index >= 15 is 0 Å². The maximum absolute atomic E-state index is 12.7. The molecule has 1 aromatic carbocycles. The van der Waals surface area contributed by atoms with Gasteiger partial charge in [-0.05, 0) is 24.3 Å². The molecule has 0 aliphatic carbocycles. The summed E-state index contributed by atoms with van der Waals surface area (Å²) in [6.45, 7) is 0. The Balaban J connectivity index is 2.23. The molecule has 2 rings (SSSR count). The van der Waals surface area contributed by atoms with Crippen LogP contribution in [-0.4, -0.2) is 9.97 Å². The van der Waals surface area contributed by atoms with E-state index in [2.05, 4.69) is 15.4 Å². The first kappa shape index (κ1) is 11.6. The third-order valence-corrected chi connectivity index (χ3v) is 2.83. The number of hydrogen-bond acceptors (Lipinski definition) is 6. The van der Waals surface area contributed by atoms with E-state index in [4.69, 9.17) is 11.6 Å². The van der Waals surface area contributed by atoms with Gasteiger partial charge in [-0.15, -0.1) is 0 Å². The zero-order valence-corrected chi connectivity index (χ0v) is 9.54. The van der Waals surface area contributed by atoms with Crippen LogP contribution in [0, 0.1) is 5.82 Å². The standard InChI is InChI=1S/C10H10FN5S/c11-6-1-3-7(4-2-6)17-9-5-8(16-13)14-10(12)15-9/h1-5H,13H2,(H3,12,14,15,16). The molecule has 0 saturated heterocycles. The SMILES string of the molecule is NNc1cc(Sc2ccc(F)cc2)nc(N)n1. The molecule has 88 valence electrons. The summed E-state index contributed by atoms with van der Waals surface area (Å²) in [5.74, 6) is 5.53. The molecular formula is C10H10FN5S. The van der Waals surface area contributed by atoms with E-state index in [1.807, 2.05) is 0 Å². The van der Waals surface area contributed by atoms with Crippen LogP contribution in [-0.2, 0) is 0 Å². The molecule has 0 spiro atoms. The van der Waals surface area contributed by atoms with Crippen LogP contribution in [0.4, 0.5) is 16.2 Å². The van der Waals surface area contributed by atoms with Crippen LogP contribution < -0.4 is 17.0 Å². The number of halogens is 1. The maximum Gasteiger partial charge on any atom is 0.223 e. The molecular weight excluding hydrogens is 241 g/mol. The summed E-state index contributed by atoms with van der Waals surface area (Å²) >= 11 is 1.35. The van der Waals surface area contributed by atoms with Gasteiger partial charge in [-0.2, -0.15) is 4.98 Å². The summed E-state index contributed by atoms with van der Waals surface area (Å²) in [6, 6.07) is 7.75. The van der Waals surface area contributed by atoms with Gasteiger partial charge in [0.05, 0.1) is 0 Å². The minimum Gasteiger partial charge on any atom is -0.368 e. The quantitative estimate of drug-likeness (QED) is 0.436. The van der Waals surface area contributed by atoms with E-state index < -0.39 is 0 Å². The van der Waals surface area contributed by atoms with Crippen LogP contribution in [0.1, 0.15) is 0 Å². The van der Waals surface area contributed by atoms with Crippen molar-refractivity contribution < 1.29 is 4.39 Å². The normalized spacial score (nSPS) is 10.2. The smallest absolute Gasteiger partial charge is 0.223 e. The molecule has 2 aromatic rings. The molecule has 5 N–H and O–H groups in total. The molecule has 7 heteroatoms. The second-order valence-corrected chi connectivity index (χ2v) is 4.24. The van der Waals surface area contributed by atoms with Crippen molar-refractivity contribution in [1.82, 2.24) is 9.97 Å². The van der Waals surface area contributed by atoms with Gasteiger partial charge >= 0.3 is 0 Å². The van der Waals surface area contributed by atoms with Crippen molar-refractivity contribution in [3.63, 3.8) is 0 Å². The fourth-order valence-corrected chi connectivity index (χ4v) is 2.02. The lowest BCUT2D eigenvalue weighted by Crippen LogP contribution is -2.10. The molecule has 0 fully saturated rings. The van der Waals surface area contributed by atoms with Crippen molar-refractivity contribution in [3.05, 3.63) is 36.1 Å². The van der Waals surface area contributed by atoms with E-state index in [0.717, 1.165) is 4.90 Å². The Morgan fingerprint density at radius 1 is 1.18 bits per heavy atom. The van der Waals surface area contributed by atoms with Gasteiger partial charge in [-0.3, -0.25) is 0 Å². The van der Waals surface area contributed by atoms with Crippen molar-refractivity contribution in [1.29, 1.82) is 0 Å². The minimum atomic E-state index is -0.277. The summed E-state index contributed by atoms with van der Waals surface area (Å²) in [7, 11) is 0. The van der Waals surface area contributed by atoms with Gasteiger partial charge in [0.25, 0.3) is 0 Å². The highest BCUT2D eigenvalue weighted by molar-refractivity contribution is 7.99. The molecule has 17 heavy (non-hydrogen) atoms. The monoisotopic (exact) mass is 251 g/mol. The lowest BCUT2D eigenvalue weighted by molar-refractivity contribution is 0.626. The van der Waals surface area contributed by atoms with Crippen LogP contribution in [0.15, 0.2) is 40.3 Å². The number of nitrogens with zero attached hydrogens (tertiary/aromatic N) is 2.